The van der Waals surface area contributed by atoms with E-state index in [0.717, 1.165) is 48.5 Å². The van der Waals surface area contributed by atoms with Crippen LogP contribution < -0.4 is 0 Å². The van der Waals surface area contributed by atoms with Gasteiger partial charge in [-0.3, -0.25) is 33.6 Å². The summed E-state index contributed by atoms with van der Waals surface area (Å²) in [6.45, 7) is 6.15. The molecule has 0 aromatic rings. The maximum absolute atomic E-state index is 12.1. The van der Waals surface area contributed by atoms with E-state index in [0.29, 0.717) is 0 Å². The van der Waals surface area contributed by atoms with Crippen LogP contribution in [0.5, 0.6) is 0 Å². The lowest BCUT2D eigenvalue weighted by molar-refractivity contribution is -0.330. The highest BCUT2D eigenvalue weighted by atomic mass is 16.7. The van der Waals surface area contributed by atoms with Crippen LogP contribution in [0.3, 0.4) is 0 Å². The van der Waals surface area contributed by atoms with Gasteiger partial charge < -0.3 is 52.5 Å². The molecule has 0 aromatic heterocycles. The third kappa shape index (κ3) is 10.7. The Kier molecular flexibility index (Phi) is 13.4. The number of hydrogen-bond acceptors (Lipinski definition) is 18. The van der Waals surface area contributed by atoms with Gasteiger partial charge in [0.1, 0.15) is 18.8 Å². The van der Waals surface area contributed by atoms with Gasteiger partial charge in [-0.15, -0.1) is 0 Å². The molecule has 0 saturated carbocycles. The van der Waals surface area contributed by atoms with Gasteiger partial charge in [0, 0.05) is 48.5 Å². The molecular weight excluding hydrogens is 600 g/mol. The molecule has 2 saturated heterocycles. The zero-order valence-corrected chi connectivity index (χ0v) is 25.1. The molecule has 248 valence electrons. The summed E-state index contributed by atoms with van der Waals surface area (Å²) in [6.07, 6.45) is -15.6. The lowest BCUT2D eigenvalue weighted by atomic mass is 9.97. The van der Waals surface area contributed by atoms with E-state index in [2.05, 4.69) is 0 Å². The number of esters is 7. The summed E-state index contributed by atoms with van der Waals surface area (Å²) in [5.41, 5.74) is 0. The van der Waals surface area contributed by atoms with Gasteiger partial charge in [-0.2, -0.15) is 0 Å². The molecule has 0 bridgehead atoms. The summed E-state index contributed by atoms with van der Waals surface area (Å²) in [5, 5.41) is 10.6. The normalized spacial score (nSPS) is 31.5. The van der Waals surface area contributed by atoms with Gasteiger partial charge in [0.25, 0.3) is 0 Å². The summed E-state index contributed by atoms with van der Waals surface area (Å²) in [6, 6.07) is 0. The van der Waals surface area contributed by atoms with E-state index in [1.807, 2.05) is 0 Å². The molecule has 2 fully saturated rings. The molecule has 0 aliphatic carbocycles. The van der Waals surface area contributed by atoms with Gasteiger partial charge >= 0.3 is 41.8 Å². The van der Waals surface area contributed by atoms with Gasteiger partial charge in [-0.1, -0.05) is 0 Å². The first-order valence-electron chi connectivity index (χ1n) is 13.3. The Labute approximate surface area is 251 Å². The fraction of sp³-hybridized carbons (Fsp3) is 0.731. The van der Waals surface area contributed by atoms with Crippen LogP contribution >= 0.6 is 0 Å². The first-order chi connectivity index (χ1) is 20.5. The summed E-state index contributed by atoms with van der Waals surface area (Å²) in [7, 11) is 0. The molecule has 18 nitrogen and oxygen atoms in total. The predicted molar refractivity (Wildman–Crippen MR) is 135 cm³/mol. The number of hydrogen-bond donors (Lipinski definition) is 1. The van der Waals surface area contributed by atoms with Crippen molar-refractivity contribution in [2.24, 2.45) is 0 Å². The average molecular weight is 637 g/mol. The summed E-state index contributed by atoms with van der Waals surface area (Å²) in [5.74, 6) is -5.94. The Morgan fingerprint density at radius 1 is 0.477 bits per heavy atom. The van der Waals surface area contributed by atoms with Crippen LogP contribution in [-0.2, 0) is 80.9 Å². The molecular formula is C26H36O18. The van der Waals surface area contributed by atoms with Crippen molar-refractivity contribution < 1.29 is 86.0 Å². The molecule has 2 aliphatic heterocycles. The maximum Gasteiger partial charge on any atom is 0.303 e. The van der Waals surface area contributed by atoms with Gasteiger partial charge in [0.2, 0.25) is 0 Å². The second-order valence-electron chi connectivity index (χ2n) is 9.69. The molecule has 10 atom stereocenters. The van der Waals surface area contributed by atoms with Gasteiger partial charge in [0.15, 0.2) is 49.2 Å². The number of aliphatic hydroxyl groups excluding tert-OH is 1. The highest BCUT2D eigenvalue weighted by Gasteiger charge is 2.55. The fourth-order valence-electron chi connectivity index (χ4n) is 4.52. The topological polar surface area (TPSA) is 232 Å². The Balaban J connectivity index is 2.48. The Morgan fingerprint density at radius 2 is 0.841 bits per heavy atom. The van der Waals surface area contributed by atoms with Crippen molar-refractivity contribution >= 4 is 41.8 Å². The van der Waals surface area contributed by atoms with Gasteiger partial charge in [0.05, 0.1) is 6.61 Å². The number of ether oxygens (including phenoxy) is 10. The van der Waals surface area contributed by atoms with Crippen molar-refractivity contribution in [3.63, 3.8) is 0 Å². The van der Waals surface area contributed by atoms with Crippen molar-refractivity contribution in [1.29, 1.82) is 0 Å². The van der Waals surface area contributed by atoms with Crippen LogP contribution in [-0.4, -0.2) is 122 Å². The van der Waals surface area contributed by atoms with E-state index >= 15 is 0 Å². The molecule has 0 amide bonds. The molecule has 2 aliphatic rings. The van der Waals surface area contributed by atoms with Crippen molar-refractivity contribution in [3.05, 3.63) is 0 Å². The van der Waals surface area contributed by atoms with Crippen LogP contribution in [0, 0.1) is 0 Å². The molecule has 6 unspecified atom stereocenters. The highest BCUT2D eigenvalue weighted by molar-refractivity contribution is 5.69. The molecule has 2 heterocycles. The van der Waals surface area contributed by atoms with Crippen molar-refractivity contribution in [2.75, 3.05) is 13.2 Å². The van der Waals surface area contributed by atoms with E-state index in [1.54, 1.807) is 0 Å². The molecule has 0 spiro atoms. The first-order valence-corrected chi connectivity index (χ1v) is 13.3. The third-order valence-electron chi connectivity index (χ3n) is 5.89. The van der Waals surface area contributed by atoms with Crippen LogP contribution in [0.4, 0.5) is 0 Å². The highest BCUT2D eigenvalue weighted by Crippen LogP contribution is 2.32. The van der Waals surface area contributed by atoms with Crippen LogP contribution in [0.1, 0.15) is 48.5 Å². The third-order valence-corrected chi connectivity index (χ3v) is 5.89. The number of carbonyl (C=O) groups excluding carboxylic acids is 7. The fourth-order valence-corrected chi connectivity index (χ4v) is 4.52. The van der Waals surface area contributed by atoms with Gasteiger partial charge in [-0.05, 0) is 0 Å². The minimum Gasteiger partial charge on any atom is -0.463 e. The molecule has 0 radical (unpaired) electrons. The molecule has 2 rings (SSSR count). The lowest BCUT2D eigenvalue weighted by Crippen LogP contribution is -2.64. The predicted octanol–water partition coefficient (Wildman–Crippen LogP) is -1.40. The number of rotatable bonds is 11. The minimum atomic E-state index is -1.90. The van der Waals surface area contributed by atoms with E-state index in [4.69, 9.17) is 47.4 Å². The van der Waals surface area contributed by atoms with Crippen molar-refractivity contribution in [3.8, 4) is 0 Å². The quantitative estimate of drug-likeness (QED) is 0.203. The van der Waals surface area contributed by atoms with E-state index in [1.165, 1.54) is 0 Å². The Hall–Kier alpha value is -3.87. The van der Waals surface area contributed by atoms with Crippen molar-refractivity contribution in [2.45, 2.75) is 110 Å². The zero-order valence-electron chi connectivity index (χ0n) is 25.1. The summed E-state index contributed by atoms with van der Waals surface area (Å²) < 4.78 is 53.7. The monoisotopic (exact) mass is 636 g/mol. The SMILES string of the molecule is CC(=O)OCC1O[C@@H](OCC2O[C@@H](O)C(OC(C)=O)C(OC(C)=O)[C@@H]2OC(C)=O)C(OC(C)=O)C(OC(C)=O)[C@@H]1OC(C)=O. The smallest absolute Gasteiger partial charge is 0.303 e. The Bertz CT molecular complexity index is 1090. The number of carbonyl (C=O) groups is 7. The van der Waals surface area contributed by atoms with Gasteiger partial charge in [-0.25, -0.2) is 0 Å². The second-order valence-corrected chi connectivity index (χ2v) is 9.69. The molecule has 18 heteroatoms. The first kappa shape index (κ1) is 36.3. The zero-order chi connectivity index (χ0) is 33.3. The average Bonchev–Trinajstić information content (AvgIpc) is 2.87. The van der Waals surface area contributed by atoms with Crippen LogP contribution in [0.2, 0.25) is 0 Å². The minimum absolute atomic E-state index is 0.523. The molecule has 44 heavy (non-hydrogen) atoms. The Morgan fingerprint density at radius 3 is 1.27 bits per heavy atom. The maximum atomic E-state index is 12.1. The standard InChI is InChI=1S/C26H36O18/c1-10(27)35-8-18-20(38-12(3)29)22(40-14(5)31)24(42-16(7)33)26(44-18)36-9-17-19(37-11(2)28)21(39-13(4)30)23(25(34)43-17)41-15(6)32/h17-26,34H,8-9H2,1-7H3/t17?,18?,19-,20-,21?,22?,23?,24?,25-,26-/m1/s1. The number of aliphatic hydroxyl groups is 1. The van der Waals surface area contributed by atoms with E-state index in [-0.39, 0.29) is 0 Å². The van der Waals surface area contributed by atoms with E-state index in [9.17, 15) is 38.7 Å². The molecule has 1 N–H and O–H groups in total. The van der Waals surface area contributed by atoms with E-state index < -0.39 is 116 Å². The lowest BCUT2D eigenvalue weighted by Gasteiger charge is -2.45. The largest absolute Gasteiger partial charge is 0.463 e. The van der Waals surface area contributed by atoms with Crippen molar-refractivity contribution in [1.82, 2.24) is 0 Å². The molecule has 0 aromatic carbocycles. The summed E-state index contributed by atoms with van der Waals surface area (Å²) >= 11 is 0. The van der Waals surface area contributed by atoms with Crippen LogP contribution in [0.25, 0.3) is 0 Å². The van der Waals surface area contributed by atoms with Crippen LogP contribution in [0.15, 0.2) is 0 Å². The summed E-state index contributed by atoms with van der Waals surface area (Å²) in [4.78, 5) is 83.0. The second kappa shape index (κ2) is 16.3.